The number of pyridine rings is 1. The standard InChI is InChI=1S/C6H5F2N3O2/c7-6(8)3-1-10-2-4(9)5(3)11(12)13/h1-2,6H,9H2. The summed E-state index contributed by atoms with van der Waals surface area (Å²) in [6, 6.07) is 0. The zero-order valence-electron chi connectivity index (χ0n) is 6.28. The molecule has 0 unspecified atom stereocenters. The number of nitrogens with zero attached hydrogens (tertiary/aromatic N) is 2. The molecule has 0 bridgehead atoms. The topological polar surface area (TPSA) is 82.0 Å². The number of hydrogen-bond acceptors (Lipinski definition) is 4. The second-order valence-electron chi connectivity index (χ2n) is 2.22. The van der Waals surface area contributed by atoms with Crippen LogP contribution in [-0.4, -0.2) is 9.91 Å². The van der Waals surface area contributed by atoms with Crippen molar-refractivity contribution >= 4 is 11.4 Å². The summed E-state index contributed by atoms with van der Waals surface area (Å²) in [4.78, 5) is 12.7. The first-order valence-electron chi connectivity index (χ1n) is 3.20. The van der Waals surface area contributed by atoms with Crippen LogP contribution in [0.3, 0.4) is 0 Å². The van der Waals surface area contributed by atoms with E-state index < -0.39 is 22.6 Å². The molecule has 0 spiro atoms. The molecule has 0 aliphatic rings. The van der Waals surface area contributed by atoms with Crippen LogP contribution in [0, 0.1) is 10.1 Å². The van der Waals surface area contributed by atoms with E-state index in [1.165, 1.54) is 0 Å². The van der Waals surface area contributed by atoms with Crippen molar-refractivity contribution in [3.05, 3.63) is 28.1 Å². The minimum atomic E-state index is -2.95. The zero-order valence-corrected chi connectivity index (χ0v) is 6.28. The van der Waals surface area contributed by atoms with Gasteiger partial charge >= 0.3 is 5.69 Å². The first-order valence-corrected chi connectivity index (χ1v) is 3.20. The molecule has 1 heterocycles. The summed E-state index contributed by atoms with van der Waals surface area (Å²) in [5, 5.41) is 10.3. The lowest BCUT2D eigenvalue weighted by Gasteiger charge is -2.02. The Morgan fingerprint density at radius 3 is 2.54 bits per heavy atom. The smallest absolute Gasteiger partial charge is 0.304 e. The van der Waals surface area contributed by atoms with Gasteiger partial charge in [0.15, 0.2) is 0 Å². The second kappa shape index (κ2) is 3.30. The van der Waals surface area contributed by atoms with Gasteiger partial charge in [-0.1, -0.05) is 0 Å². The predicted octanol–water partition coefficient (Wildman–Crippen LogP) is 1.51. The molecule has 0 aliphatic heterocycles. The molecule has 0 saturated carbocycles. The Hall–Kier alpha value is -1.79. The van der Waals surface area contributed by atoms with Gasteiger partial charge in [0.25, 0.3) is 6.43 Å². The van der Waals surface area contributed by atoms with Crippen LogP contribution in [0.4, 0.5) is 20.2 Å². The molecule has 0 aromatic carbocycles. The van der Waals surface area contributed by atoms with Gasteiger partial charge in [-0.15, -0.1) is 0 Å². The van der Waals surface area contributed by atoms with Crippen molar-refractivity contribution in [2.75, 3.05) is 5.73 Å². The molecule has 0 amide bonds. The summed E-state index contributed by atoms with van der Waals surface area (Å²) in [5.41, 5.74) is 3.23. The largest absolute Gasteiger partial charge is 0.392 e. The maximum absolute atomic E-state index is 12.2. The first kappa shape index (κ1) is 9.30. The molecule has 1 aromatic heterocycles. The molecule has 2 N–H and O–H groups in total. The van der Waals surface area contributed by atoms with Gasteiger partial charge in [0, 0.05) is 6.20 Å². The van der Waals surface area contributed by atoms with Crippen LogP contribution in [0.15, 0.2) is 12.4 Å². The van der Waals surface area contributed by atoms with Crippen molar-refractivity contribution in [2.24, 2.45) is 0 Å². The average Bonchev–Trinajstić information content (AvgIpc) is 2.02. The summed E-state index contributed by atoms with van der Waals surface area (Å²) in [7, 11) is 0. The van der Waals surface area contributed by atoms with Crippen molar-refractivity contribution in [2.45, 2.75) is 6.43 Å². The molecule has 1 aromatic rings. The van der Waals surface area contributed by atoms with Crippen LogP contribution in [0.1, 0.15) is 12.0 Å². The number of rotatable bonds is 2. The van der Waals surface area contributed by atoms with Gasteiger partial charge in [-0.2, -0.15) is 0 Å². The fourth-order valence-electron chi connectivity index (χ4n) is 0.857. The minimum Gasteiger partial charge on any atom is -0.392 e. The third-order valence-corrected chi connectivity index (χ3v) is 1.39. The molecule has 0 atom stereocenters. The van der Waals surface area contributed by atoms with Gasteiger partial charge in [-0.05, 0) is 0 Å². The summed E-state index contributed by atoms with van der Waals surface area (Å²) in [6.07, 6.45) is -1.25. The van der Waals surface area contributed by atoms with Gasteiger partial charge in [0.1, 0.15) is 11.3 Å². The SMILES string of the molecule is Nc1cncc(C(F)F)c1[N+](=O)[O-]. The van der Waals surface area contributed by atoms with E-state index in [9.17, 15) is 18.9 Å². The Morgan fingerprint density at radius 1 is 1.54 bits per heavy atom. The van der Waals surface area contributed by atoms with Crippen molar-refractivity contribution in [3.8, 4) is 0 Å². The monoisotopic (exact) mass is 189 g/mol. The van der Waals surface area contributed by atoms with E-state index in [1.807, 2.05) is 0 Å². The van der Waals surface area contributed by atoms with Gasteiger partial charge < -0.3 is 5.73 Å². The maximum atomic E-state index is 12.2. The van der Waals surface area contributed by atoms with Crippen LogP contribution in [0.5, 0.6) is 0 Å². The van der Waals surface area contributed by atoms with Gasteiger partial charge in [0.2, 0.25) is 0 Å². The Morgan fingerprint density at radius 2 is 2.15 bits per heavy atom. The Balaban J connectivity index is 3.34. The third kappa shape index (κ3) is 1.68. The molecule has 0 radical (unpaired) electrons. The first-order chi connectivity index (χ1) is 6.04. The molecule has 0 aliphatic carbocycles. The van der Waals surface area contributed by atoms with Crippen molar-refractivity contribution < 1.29 is 13.7 Å². The minimum absolute atomic E-state index is 0.359. The number of nitrogens with two attached hydrogens (primary N) is 1. The van der Waals surface area contributed by atoms with Crippen LogP contribution < -0.4 is 5.73 Å². The van der Waals surface area contributed by atoms with E-state index in [1.54, 1.807) is 0 Å². The number of anilines is 1. The van der Waals surface area contributed by atoms with E-state index >= 15 is 0 Å². The number of hydrogen-bond donors (Lipinski definition) is 1. The highest BCUT2D eigenvalue weighted by Crippen LogP contribution is 2.31. The quantitative estimate of drug-likeness (QED) is 0.564. The molecular weight excluding hydrogens is 184 g/mol. The van der Waals surface area contributed by atoms with Crippen LogP contribution in [0.25, 0.3) is 0 Å². The van der Waals surface area contributed by atoms with Crippen LogP contribution >= 0.6 is 0 Å². The number of nitro groups is 1. The highest BCUT2D eigenvalue weighted by molar-refractivity contribution is 5.60. The molecule has 1 rings (SSSR count). The van der Waals surface area contributed by atoms with Crippen LogP contribution in [0.2, 0.25) is 0 Å². The normalized spacial score (nSPS) is 10.4. The lowest BCUT2D eigenvalue weighted by molar-refractivity contribution is -0.385. The number of nitrogen functional groups attached to an aromatic ring is 1. The molecule has 13 heavy (non-hydrogen) atoms. The fraction of sp³-hybridized carbons (Fsp3) is 0.167. The number of alkyl halides is 2. The third-order valence-electron chi connectivity index (χ3n) is 1.39. The van der Waals surface area contributed by atoms with Crippen molar-refractivity contribution in [3.63, 3.8) is 0 Å². The summed E-state index contributed by atoms with van der Waals surface area (Å²) < 4.78 is 24.3. The highest BCUT2D eigenvalue weighted by atomic mass is 19.3. The molecule has 5 nitrogen and oxygen atoms in total. The van der Waals surface area contributed by atoms with Crippen LogP contribution in [-0.2, 0) is 0 Å². The average molecular weight is 189 g/mol. The van der Waals surface area contributed by atoms with Gasteiger partial charge in [-0.25, -0.2) is 8.78 Å². The van der Waals surface area contributed by atoms with Gasteiger partial charge in [-0.3, -0.25) is 15.1 Å². The van der Waals surface area contributed by atoms with E-state index in [0.717, 1.165) is 12.4 Å². The van der Waals surface area contributed by atoms with Gasteiger partial charge in [0.05, 0.1) is 11.1 Å². The molecule has 0 fully saturated rings. The predicted molar refractivity (Wildman–Crippen MR) is 40.3 cm³/mol. The lowest BCUT2D eigenvalue weighted by atomic mass is 10.2. The maximum Gasteiger partial charge on any atom is 0.304 e. The fourth-order valence-corrected chi connectivity index (χ4v) is 0.857. The summed E-state index contributed by atoms with van der Waals surface area (Å²) in [6.45, 7) is 0. The zero-order chi connectivity index (χ0) is 10.0. The Kier molecular flexibility index (Phi) is 2.36. The Labute approximate surface area is 71.3 Å². The molecular formula is C6H5F2N3O2. The molecule has 7 heteroatoms. The van der Waals surface area contributed by atoms with E-state index in [2.05, 4.69) is 4.98 Å². The molecule has 0 saturated heterocycles. The summed E-state index contributed by atoms with van der Waals surface area (Å²) >= 11 is 0. The second-order valence-corrected chi connectivity index (χ2v) is 2.22. The van der Waals surface area contributed by atoms with E-state index in [0.29, 0.717) is 0 Å². The Bertz CT molecular complexity index is 343. The summed E-state index contributed by atoms with van der Waals surface area (Å²) in [5.74, 6) is 0. The molecule has 70 valence electrons. The van der Waals surface area contributed by atoms with E-state index in [4.69, 9.17) is 5.73 Å². The number of halogens is 2. The lowest BCUT2D eigenvalue weighted by Crippen LogP contribution is -2.01. The van der Waals surface area contributed by atoms with Crippen molar-refractivity contribution in [1.29, 1.82) is 0 Å². The number of aromatic nitrogens is 1. The van der Waals surface area contributed by atoms with Crippen molar-refractivity contribution in [1.82, 2.24) is 4.98 Å². The highest BCUT2D eigenvalue weighted by Gasteiger charge is 2.24. The van der Waals surface area contributed by atoms with E-state index in [-0.39, 0.29) is 5.69 Å².